The van der Waals surface area contributed by atoms with Crippen molar-refractivity contribution >= 4 is 23.2 Å². The fourth-order valence-corrected chi connectivity index (χ4v) is 6.14. The van der Waals surface area contributed by atoms with E-state index in [1.54, 1.807) is 20.2 Å². The Kier molecular flexibility index (Phi) is 6.48. The molecule has 1 aromatic carbocycles. The van der Waals surface area contributed by atoms with Gasteiger partial charge in [0.2, 0.25) is 5.78 Å². The van der Waals surface area contributed by atoms with E-state index in [0.717, 1.165) is 18.7 Å². The third-order valence-electron chi connectivity index (χ3n) is 7.99. The zero-order valence-electron chi connectivity index (χ0n) is 20.9. The first-order chi connectivity index (χ1) is 16.9. The van der Waals surface area contributed by atoms with Gasteiger partial charge in [0, 0.05) is 18.0 Å². The summed E-state index contributed by atoms with van der Waals surface area (Å²) in [7, 11) is 3.15. The monoisotopic (exact) mass is 499 g/mol. The van der Waals surface area contributed by atoms with E-state index in [2.05, 4.69) is 4.90 Å². The summed E-state index contributed by atoms with van der Waals surface area (Å²) in [5, 5.41) is 44.4. The molecule has 4 rings (SSSR count). The third-order valence-corrected chi connectivity index (χ3v) is 7.99. The maximum absolute atomic E-state index is 13.8. The molecule has 1 fully saturated rings. The van der Waals surface area contributed by atoms with Crippen LogP contribution in [0.5, 0.6) is 5.75 Å². The number of hydrogen-bond acceptors (Lipinski definition) is 9. The van der Waals surface area contributed by atoms with Crippen molar-refractivity contribution in [3.8, 4) is 5.75 Å². The highest BCUT2D eigenvalue weighted by molar-refractivity contribution is 6.24. The van der Waals surface area contributed by atoms with Crippen molar-refractivity contribution in [1.82, 2.24) is 9.80 Å². The van der Waals surface area contributed by atoms with E-state index in [9.17, 15) is 34.8 Å². The number of carbonyl (C=O) groups excluding carboxylic acids is 3. The fourth-order valence-electron chi connectivity index (χ4n) is 6.14. The second-order valence-corrected chi connectivity index (χ2v) is 10.0. The van der Waals surface area contributed by atoms with E-state index in [4.69, 9.17) is 5.73 Å². The molecule has 0 heterocycles. The van der Waals surface area contributed by atoms with Crippen molar-refractivity contribution < 1.29 is 34.8 Å². The van der Waals surface area contributed by atoms with Crippen LogP contribution in [0.25, 0.3) is 5.76 Å². The lowest BCUT2D eigenvalue weighted by Crippen LogP contribution is -2.65. The van der Waals surface area contributed by atoms with E-state index in [0.29, 0.717) is 18.5 Å². The van der Waals surface area contributed by atoms with Gasteiger partial charge in [-0.25, -0.2) is 0 Å². The Morgan fingerprint density at radius 1 is 1.14 bits per heavy atom. The van der Waals surface area contributed by atoms with Crippen LogP contribution < -0.4 is 5.73 Å². The number of hydrogen-bond donors (Lipinski definition) is 5. The number of aliphatic hydroxyl groups is 3. The van der Waals surface area contributed by atoms with Crippen molar-refractivity contribution in [2.75, 3.05) is 27.2 Å². The highest BCUT2D eigenvalue weighted by Crippen LogP contribution is 2.52. The van der Waals surface area contributed by atoms with Crippen molar-refractivity contribution in [1.29, 1.82) is 0 Å². The molecule has 0 unspecified atom stereocenters. The number of benzene rings is 1. The van der Waals surface area contributed by atoms with Crippen LogP contribution in [0.15, 0.2) is 29.0 Å². The van der Waals surface area contributed by atoms with Gasteiger partial charge in [-0.05, 0) is 63.1 Å². The first-order valence-corrected chi connectivity index (χ1v) is 12.1. The van der Waals surface area contributed by atoms with E-state index >= 15 is 0 Å². The van der Waals surface area contributed by atoms with Gasteiger partial charge in [-0.1, -0.05) is 19.9 Å². The molecule has 1 saturated carbocycles. The first kappa shape index (κ1) is 25.9. The van der Waals surface area contributed by atoms with E-state index in [-0.39, 0.29) is 23.3 Å². The van der Waals surface area contributed by atoms with Gasteiger partial charge in [0.25, 0.3) is 5.91 Å². The van der Waals surface area contributed by atoms with Crippen molar-refractivity contribution in [2.24, 2.45) is 17.6 Å². The number of ketones is 2. The molecular formula is C26H33N3O7. The number of primary amides is 1. The lowest BCUT2D eigenvalue weighted by molar-refractivity contribution is -0.153. The van der Waals surface area contributed by atoms with Gasteiger partial charge in [0.15, 0.2) is 11.4 Å². The van der Waals surface area contributed by atoms with E-state index in [1.165, 1.54) is 11.0 Å². The molecular weight excluding hydrogens is 466 g/mol. The van der Waals surface area contributed by atoms with Crippen LogP contribution in [-0.2, 0) is 27.3 Å². The predicted molar refractivity (Wildman–Crippen MR) is 131 cm³/mol. The van der Waals surface area contributed by atoms with E-state index < -0.39 is 58.0 Å². The molecule has 36 heavy (non-hydrogen) atoms. The summed E-state index contributed by atoms with van der Waals surface area (Å²) in [4.78, 5) is 42.7. The molecule has 10 nitrogen and oxygen atoms in total. The number of likely N-dealkylation sites (N-methyl/N-ethyl adjacent to an activating group) is 1. The maximum Gasteiger partial charge on any atom is 0.255 e. The maximum atomic E-state index is 13.8. The first-order valence-electron chi connectivity index (χ1n) is 12.1. The lowest BCUT2D eigenvalue weighted by atomic mass is 9.57. The quantitative estimate of drug-likeness (QED) is 0.356. The smallest absolute Gasteiger partial charge is 0.255 e. The summed E-state index contributed by atoms with van der Waals surface area (Å²) >= 11 is 0. The van der Waals surface area contributed by atoms with Gasteiger partial charge in [-0.2, -0.15) is 0 Å². The van der Waals surface area contributed by atoms with Crippen molar-refractivity contribution in [2.45, 2.75) is 44.9 Å². The minimum Gasteiger partial charge on any atom is -0.508 e. The fraction of sp³-hybridized carbons (Fsp3) is 0.500. The molecule has 6 N–H and O–H groups in total. The molecule has 0 radical (unpaired) electrons. The number of nitrogens with two attached hydrogens (primary N) is 1. The largest absolute Gasteiger partial charge is 0.508 e. The molecule has 0 aliphatic heterocycles. The van der Waals surface area contributed by atoms with Crippen LogP contribution in [0.4, 0.5) is 0 Å². The summed E-state index contributed by atoms with van der Waals surface area (Å²) in [5.41, 5.74) is 3.47. The zero-order chi connectivity index (χ0) is 26.7. The van der Waals surface area contributed by atoms with Gasteiger partial charge in [0.1, 0.15) is 22.8 Å². The van der Waals surface area contributed by atoms with Crippen LogP contribution in [0.1, 0.15) is 37.0 Å². The topological polar surface area (TPSA) is 165 Å². The standard InChI is InChI=1S/C26H33N3O7/c1-5-29(6-2)11-12-7-8-16(30)18-14(12)9-13-10-15-20(28(3)4)22(32)19(25(27)35)24(34)26(15,36)23(33)17(13)21(18)31/h7-8,13,15,20,30-31,34,36H,5-6,9-11H2,1-4H3,(H2,27,35)/t13-,15-,20-,26-/m0/s1. The van der Waals surface area contributed by atoms with Crippen molar-refractivity contribution in [3.63, 3.8) is 0 Å². The molecule has 4 atom stereocenters. The van der Waals surface area contributed by atoms with Crippen LogP contribution >= 0.6 is 0 Å². The number of fused-ring (bicyclic) bond motifs is 3. The number of nitrogens with zero attached hydrogens (tertiary/aromatic N) is 2. The van der Waals surface area contributed by atoms with E-state index in [1.807, 2.05) is 13.8 Å². The SMILES string of the molecule is CCN(CC)Cc1ccc(O)c2c1C[C@H]1C[C@H]3[C@H](N(C)C)C(=O)C(C(N)=O)=C(O)[C@@]3(O)C(=O)C1=C2O. The van der Waals surface area contributed by atoms with Crippen LogP contribution in [0, 0.1) is 11.8 Å². The van der Waals surface area contributed by atoms with Gasteiger partial charge >= 0.3 is 0 Å². The average Bonchev–Trinajstić information content (AvgIpc) is 2.80. The average molecular weight is 500 g/mol. The highest BCUT2D eigenvalue weighted by Gasteiger charge is 2.64. The predicted octanol–water partition coefficient (Wildman–Crippen LogP) is 0.806. The molecule has 0 spiro atoms. The summed E-state index contributed by atoms with van der Waals surface area (Å²) in [6, 6.07) is 2.16. The second-order valence-electron chi connectivity index (χ2n) is 10.0. The highest BCUT2D eigenvalue weighted by atomic mass is 16.3. The Labute approximate surface area is 209 Å². The summed E-state index contributed by atoms with van der Waals surface area (Å²) in [6.07, 6.45) is 0.367. The van der Waals surface area contributed by atoms with Crippen molar-refractivity contribution in [3.05, 3.63) is 45.7 Å². The number of amides is 1. The number of aliphatic hydroxyl groups excluding tert-OH is 2. The Morgan fingerprint density at radius 3 is 2.33 bits per heavy atom. The summed E-state index contributed by atoms with van der Waals surface area (Å²) < 4.78 is 0. The number of aromatic hydroxyl groups is 1. The Morgan fingerprint density at radius 2 is 1.78 bits per heavy atom. The lowest BCUT2D eigenvalue weighted by Gasteiger charge is -2.50. The van der Waals surface area contributed by atoms with Crippen LogP contribution in [0.3, 0.4) is 0 Å². The molecule has 0 bridgehead atoms. The molecule has 0 aromatic heterocycles. The zero-order valence-corrected chi connectivity index (χ0v) is 20.9. The normalized spacial score (nSPS) is 27.9. The summed E-state index contributed by atoms with van der Waals surface area (Å²) in [5.74, 6) is -6.44. The molecule has 3 aliphatic rings. The van der Waals surface area contributed by atoms with Crippen LogP contribution in [-0.4, -0.2) is 86.5 Å². The van der Waals surface area contributed by atoms with Gasteiger partial charge in [0.05, 0.1) is 11.6 Å². The van der Waals surface area contributed by atoms with Gasteiger partial charge in [-0.15, -0.1) is 0 Å². The Bertz CT molecular complexity index is 1210. The number of Topliss-reactive ketones (excluding diaryl/α,β-unsaturated/α-hetero) is 2. The number of carbonyl (C=O) groups is 3. The Balaban J connectivity index is 1.92. The minimum atomic E-state index is -2.63. The van der Waals surface area contributed by atoms with Gasteiger partial charge < -0.3 is 26.2 Å². The minimum absolute atomic E-state index is 0.0755. The van der Waals surface area contributed by atoms with Gasteiger partial charge in [-0.3, -0.25) is 24.2 Å². The Hall–Kier alpha value is -3.21. The van der Waals surface area contributed by atoms with Crippen LogP contribution in [0.2, 0.25) is 0 Å². The molecule has 1 aromatic rings. The molecule has 3 aliphatic carbocycles. The molecule has 10 heteroatoms. The molecule has 0 saturated heterocycles. The molecule has 1 amide bonds. The number of rotatable bonds is 6. The second kappa shape index (κ2) is 9.02. The number of phenols is 1. The third kappa shape index (κ3) is 3.55. The number of phenolic OH excluding ortho intramolecular Hbond substituents is 1. The summed E-state index contributed by atoms with van der Waals surface area (Å²) in [6.45, 7) is 6.26. The molecule has 194 valence electrons.